The maximum Gasteiger partial charge on any atom is 0.326 e. The number of thioether (sulfide) groups is 1. The van der Waals surface area contributed by atoms with Crippen LogP contribution < -0.4 is 27.0 Å². The molecule has 14 heteroatoms. The third-order valence-electron chi connectivity index (χ3n) is 6.97. The van der Waals surface area contributed by atoms with Crippen LogP contribution in [0.3, 0.4) is 0 Å². The van der Waals surface area contributed by atoms with E-state index in [1.165, 1.54) is 43.0 Å². The quantitative estimate of drug-likeness (QED) is 0.120. The van der Waals surface area contributed by atoms with Gasteiger partial charge in [0.05, 0.1) is 6.04 Å². The number of benzene rings is 2. The van der Waals surface area contributed by atoms with Gasteiger partial charge in [-0.05, 0) is 66.7 Å². The van der Waals surface area contributed by atoms with Crippen molar-refractivity contribution in [2.24, 2.45) is 11.7 Å². The summed E-state index contributed by atoms with van der Waals surface area (Å²) in [5, 5.41) is 39.1. The van der Waals surface area contributed by atoms with Crippen LogP contribution in [0.15, 0.2) is 48.5 Å². The van der Waals surface area contributed by atoms with Crippen LogP contribution in [0.25, 0.3) is 0 Å². The lowest BCUT2D eigenvalue weighted by molar-refractivity contribution is -0.143. The molecule has 0 aliphatic rings. The molecule has 45 heavy (non-hydrogen) atoms. The topological polar surface area (TPSA) is 220 Å². The summed E-state index contributed by atoms with van der Waals surface area (Å²) in [4.78, 5) is 64.3. The van der Waals surface area contributed by atoms with Crippen molar-refractivity contribution in [3.63, 3.8) is 0 Å². The number of hydrogen-bond donors (Lipinski definition) is 8. The van der Waals surface area contributed by atoms with Crippen LogP contribution in [-0.4, -0.2) is 87.1 Å². The second-order valence-electron chi connectivity index (χ2n) is 11.1. The first-order valence-corrected chi connectivity index (χ1v) is 15.9. The molecule has 0 aromatic heterocycles. The predicted octanol–water partition coefficient (Wildman–Crippen LogP) is 0.663. The zero-order chi connectivity index (χ0) is 33.7. The van der Waals surface area contributed by atoms with Crippen molar-refractivity contribution < 1.29 is 39.3 Å². The number of rotatable bonds is 17. The van der Waals surface area contributed by atoms with Gasteiger partial charge in [-0.2, -0.15) is 11.8 Å². The van der Waals surface area contributed by atoms with E-state index in [0.717, 1.165) is 0 Å². The summed E-state index contributed by atoms with van der Waals surface area (Å²) in [5.41, 5.74) is 7.21. The lowest BCUT2D eigenvalue weighted by Crippen LogP contribution is -2.58. The Morgan fingerprint density at radius 3 is 1.58 bits per heavy atom. The van der Waals surface area contributed by atoms with Gasteiger partial charge in [0.15, 0.2) is 0 Å². The molecule has 0 bridgehead atoms. The van der Waals surface area contributed by atoms with Gasteiger partial charge in [-0.15, -0.1) is 0 Å². The van der Waals surface area contributed by atoms with Crippen molar-refractivity contribution >= 4 is 41.4 Å². The highest BCUT2D eigenvalue weighted by atomic mass is 32.2. The van der Waals surface area contributed by atoms with Gasteiger partial charge < -0.3 is 42.3 Å². The van der Waals surface area contributed by atoms with E-state index in [1.807, 2.05) is 6.26 Å². The lowest BCUT2D eigenvalue weighted by Gasteiger charge is -2.26. The number of amides is 4. The maximum absolute atomic E-state index is 13.4. The van der Waals surface area contributed by atoms with Gasteiger partial charge >= 0.3 is 5.97 Å². The second-order valence-corrected chi connectivity index (χ2v) is 12.0. The Labute approximate surface area is 266 Å². The molecular formula is C31H43N5O8S. The van der Waals surface area contributed by atoms with Crippen LogP contribution >= 0.6 is 11.8 Å². The number of carbonyl (C=O) groups excluding carboxylic acids is 4. The summed E-state index contributed by atoms with van der Waals surface area (Å²) in [6, 6.07) is 6.47. The van der Waals surface area contributed by atoms with Gasteiger partial charge in [0.2, 0.25) is 23.6 Å². The molecule has 2 aromatic carbocycles. The first kappa shape index (κ1) is 36.9. The highest BCUT2D eigenvalue weighted by Crippen LogP contribution is 2.14. The average molecular weight is 646 g/mol. The van der Waals surface area contributed by atoms with Crippen molar-refractivity contribution in [3.8, 4) is 11.5 Å². The number of nitrogens with two attached hydrogens (primary N) is 1. The van der Waals surface area contributed by atoms with Crippen LogP contribution in [0.4, 0.5) is 0 Å². The summed E-state index contributed by atoms with van der Waals surface area (Å²) in [5.74, 6) is -3.69. The number of phenols is 2. The fourth-order valence-corrected chi connectivity index (χ4v) is 4.74. The van der Waals surface area contributed by atoms with Gasteiger partial charge in [-0.25, -0.2) is 4.79 Å². The molecule has 0 fully saturated rings. The van der Waals surface area contributed by atoms with Crippen LogP contribution in [0.2, 0.25) is 0 Å². The molecule has 0 spiro atoms. The zero-order valence-corrected chi connectivity index (χ0v) is 26.6. The number of phenolic OH excluding ortho intramolecular Hbond substituents is 2. The van der Waals surface area contributed by atoms with Crippen LogP contribution in [0.5, 0.6) is 11.5 Å². The first-order chi connectivity index (χ1) is 21.2. The molecule has 0 unspecified atom stereocenters. The summed E-state index contributed by atoms with van der Waals surface area (Å²) < 4.78 is 0. The molecule has 2 aromatic rings. The SMILES string of the molecule is CSCC[C@@H](N)C(=O)N[C@H](Cc1ccc(O)cc1)C(=O)N[C@H](C)C(=O)N[C@H](Cc1ccc(O)cc1)C(=O)N[C@@H](C(=O)O)C(C)C. The number of hydrogen-bond acceptors (Lipinski definition) is 9. The molecule has 5 atom stereocenters. The van der Waals surface area contributed by atoms with Gasteiger partial charge in [0.1, 0.15) is 35.7 Å². The van der Waals surface area contributed by atoms with E-state index in [2.05, 4.69) is 21.3 Å². The first-order valence-electron chi connectivity index (χ1n) is 14.5. The largest absolute Gasteiger partial charge is 0.508 e. The standard InChI is InChI=1S/C31H43N5O8S/c1-17(2)26(31(43)44)36-30(42)25(16-20-7-11-22(38)12-8-20)34-27(39)18(3)33-29(41)24(15-19-5-9-21(37)10-6-19)35-28(40)23(32)13-14-45-4/h5-12,17-18,23-26,37-38H,13-16,32H2,1-4H3,(H,33,41)(H,34,39)(H,35,40)(H,36,42)(H,43,44)/t18-,23-,24-,25-,26-/m1/s1. The average Bonchev–Trinajstić information content (AvgIpc) is 2.99. The van der Waals surface area contributed by atoms with E-state index in [4.69, 9.17) is 5.73 Å². The van der Waals surface area contributed by atoms with E-state index in [1.54, 1.807) is 38.1 Å². The summed E-state index contributed by atoms with van der Waals surface area (Å²) in [6.07, 6.45) is 2.28. The van der Waals surface area contributed by atoms with E-state index >= 15 is 0 Å². The molecule has 0 saturated carbocycles. The lowest BCUT2D eigenvalue weighted by atomic mass is 10.0. The summed E-state index contributed by atoms with van der Waals surface area (Å²) >= 11 is 1.53. The molecule has 246 valence electrons. The van der Waals surface area contributed by atoms with Crippen LogP contribution in [0.1, 0.15) is 38.3 Å². The number of carbonyl (C=O) groups is 5. The number of aliphatic carboxylic acids is 1. The Hall–Kier alpha value is -4.30. The monoisotopic (exact) mass is 645 g/mol. The van der Waals surface area contributed by atoms with E-state index in [9.17, 15) is 39.3 Å². The molecule has 0 heterocycles. The highest BCUT2D eigenvalue weighted by molar-refractivity contribution is 7.98. The van der Waals surface area contributed by atoms with Gasteiger partial charge in [0, 0.05) is 12.8 Å². The number of carboxylic acid groups (broad SMARTS) is 1. The molecule has 0 aliphatic carbocycles. The molecule has 0 aliphatic heterocycles. The smallest absolute Gasteiger partial charge is 0.326 e. The zero-order valence-electron chi connectivity index (χ0n) is 25.8. The second kappa shape index (κ2) is 17.9. The predicted molar refractivity (Wildman–Crippen MR) is 170 cm³/mol. The third-order valence-corrected chi connectivity index (χ3v) is 7.61. The number of aromatic hydroxyl groups is 2. The third kappa shape index (κ3) is 12.3. The van der Waals surface area contributed by atoms with Crippen molar-refractivity contribution in [3.05, 3.63) is 59.7 Å². The minimum atomic E-state index is -1.23. The van der Waals surface area contributed by atoms with Gasteiger partial charge in [-0.1, -0.05) is 38.1 Å². The van der Waals surface area contributed by atoms with Crippen molar-refractivity contribution in [1.82, 2.24) is 21.3 Å². The molecule has 2 rings (SSSR count). The summed E-state index contributed by atoms with van der Waals surface area (Å²) in [6.45, 7) is 4.67. The maximum atomic E-state index is 13.4. The Kier molecular flexibility index (Phi) is 14.6. The van der Waals surface area contributed by atoms with E-state index in [0.29, 0.717) is 23.3 Å². The molecule has 9 N–H and O–H groups in total. The highest BCUT2D eigenvalue weighted by Gasteiger charge is 2.31. The van der Waals surface area contributed by atoms with Crippen molar-refractivity contribution in [2.45, 2.75) is 70.2 Å². The van der Waals surface area contributed by atoms with Gasteiger partial charge in [-0.3, -0.25) is 19.2 Å². The molecule has 13 nitrogen and oxygen atoms in total. The number of nitrogens with one attached hydrogen (secondary N) is 4. The summed E-state index contributed by atoms with van der Waals surface area (Å²) in [7, 11) is 0. The Morgan fingerprint density at radius 2 is 1.16 bits per heavy atom. The molecule has 0 saturated heterocycles. The number of carboxylic acids is 1. The molecule has 0 radical (unpaired) electrons. The van der Waals surface area contributed by atoms with Crippen LogP contribution in [0, 0.1) is 5.92 Å². The van der Waals surface area contributed by atoms with Crippen molar-refractivity contribution in [1.29, 1.82) is 0 Å². The Bertz CT molecular complexity index is 1310. The molecular weight excluding hydrogens is 602 g/mol. The van der Waals surface area contributed by atoms with Crippen molar-refractivity contribution in [2.75, 3.05) is 12.0 Å². The normalized spacial score (nSPS) is 14.4. The Morgan fingerprint density at radius 1 is 0.711 bits per heavy atom. The fraction of sp³-hybridized carbons (Fsp3) is 0.452. The molecule has 4 amide bonds. The fourth-order valence-electron chi connectivity index (χ4n) is 4.25. The van der Waals surface area contributed by atoms with E-state index in [-0.39, 0.29) is 24.3 Å². The van der Waals surface area contributed by atoms with Gasteiger partial charge in [0.25, 0.3) is 0 Å². The minimum Gasteiger partial charge on any atom is -0.508 e. The van der Waals surface area contributed by atoms with E-state index < -0.39 is 65.7 Å². The minimum absolute atomic E-state index is 0.00466. The Balaban J connectivity index is 2.22. The van der Waals surface area contributed by atoms with Crippen LogP contribution in [-0.2, 0) is 36.8 Å².